The Kier molecular flexibility index (Phi) is 30.5. The van der Waals surface area contributed by atoms with Gasteiger partial charge < -0.3 is 45.4 Å². The average Bonchev–Trinajstić information content (AvgIpc) is 3.89. The van der Waals surface area contributed by atoms with Crippen molar-refractivity contribution in [2.45, 2.75) is 55.5 Å². The van der Waals surface area contributed by atoms with Crippen LogP contribution in [0.5, 0.6) is 0 Å². The molecule has 26 heteroatoms. The third-order valence-corrected chi connectivity index (χ3v) is 8.40. The number of fused-ring (bicyclic) bond motifs is 2. The number of nitrogens with one attached hydrogen (secondary N) is 1. The minimum absolute atomic E-state index is 0. The van der Waals surface area contributed by atoms with Crippen molar-refractivity contribution in [1.82, 2.24) is 39.0 Å². The first-order valence-corrected chi connectivity index (χ1v) is 15.5. The standard InChI is InChI=1S/C19H20N6O4.C11H10ClN5O4.6Ac/c20-8-13-23-17(21-7-6-11-4-2-1-3-5-11)14-18(24-13)25(10-22-14)19-16(28)15(27)12(9-26)29-19;12-9-6-10(16-5(1-13)15-9)17(3-14-6)11-8(20)7(19)4(2-18)21-11;;;;;;/h1-5,10,12,15-16,19,26-28H,6-7,9H2,(H,21,23,24);3-4,7-8,11,18-20H,2H2;;;;;;/t12-,15?,16?,19?;4-,7?,8?,11?;;;;;;/m11....../s1. The summed E-state index contributed by atoms with van der Waals surface area (Å²) in [6, 6.07) is 13.6. The van der Waals surface area contributed by atoms with E-state index in [-0.39, 0.29) is 298 Å². The molecule has 56 heavy (non-hydrogen) atoms. The van der Waals surface area contributed by atoms with Crippen LogP contribution >= 0.6 is 11.6 Å². The van der Waals surface area contributed by atoms with Gasteiger partial charge in [0.25, 0.3) is 0 Å². The summed E-state index contributed by atoms with van der Waals surface area (Å²) in [6.45, 7) is -0.311. The summed E-state index contributed by atoms with van der Waals surface area (Å²) < 4.78 is 13.7. The zero-order valence-electron chi connectivity index (χ0n) is 29.3. The van der Waals surface area contributed by atoms with Crippen LogP contribution in [0.15, 0.2) is 43.0 Å². The quantitative estimate of drug-likeness (QED) is 0.0911. The maximum absolute atomic E-state index is 10.3. The number of halogens is 1. The number of nitriles is 2. The van der Waals surface area contributed by atoms with Gasteiger partial charge in [0.2, 0.25) is 11.6 Å². The summed E-state index contributed by atoms with van der Waals surface area (Å²) in [5.74, 6) is 0.183. The van der Waals surface area contributed by atoms with Crippen LogP contribution in [-0.4, -0.2) is 126 Å². The number of hydrogen-bond acceptors (Lipinski definition) is 17. The zero-order chi connectivity index (χ0) is 35.5. The molecule has 0 saturated carbocycles. The molecule has 0 aliphatic carbocycles. The SMILES string of the molecule is N#Cc1nc(Cl)c2ncn(C3O[C@H](CO)C(O)C3O)c2n1.N#Cc1nc(NCCc2ccccc2)c2ncn(C3O[C@H](CO)C(O)C3O)c2n1.[Ac].[Ac].[Ac].[Ac].[Ac].[Ac]. The van der Waals surface area contributed by atoms with Crippen molar-refractivity contribution in [3.05, 3.63) is 65.4 Å². The third-order valence-electron chi connectivity index (χ3n) is 8.13. The number of benzene rings is 1. The van der Waals surface area contributed by atoms with Gasteiger partial charge in [0.1, 0.15) is 54.3 Å². The molecular weight excluding hydrogens is 2040 g/mol. The number of aliphatic hydroxyl groups is 6. The van der Waals surface area contributed by atoms with Crippen molar-refractivity contribution in [3.8, 4) is 12.1 Å². The van der Waals surface area contributed by atoms with E-state index in [4.69, 9.17) is 31.4 Å². The van der Waals surface area contributed by atoms with E-state index >= 15 is 0 Å². The first kappa shape index (κ1) is 59.7. The van der Waals surface area contributed by atoms with Crippen molar-refractivity contribution in [3.63, 3.8) is 0 Å². The molecule has 2 aliphatic heterocycles. The molecule has 0 spiro atoms. The summed E-state index contributed by atoms with van der Waals surface area (Å²) in [6.07, 6.45) is -5.42. The number of rotatable bonds is 8. The van der Waals surface area contributed by atoms with Crippen LogP contribution < -0.4 is 5.32 Å². The minimum Gasteiger partial charge on any atom is -0.394 e. The number of anilines is 1. The molecule has 2 fully saturated rings. The third kappa shape index (κ3) is 13.9. The van der Waals surface area contributed by atoms with Gasteiger partial charge in [-0.15, -0.1) is 0 Å². The van der Waals surface area contributed by atoms with E-state index in [1.165, 1.54) is 21.8 Å². The molecule has 0 bridgehead atoms. The molecule has 19 nitrogen and oxygen atoms in total. The van der Waals surface area contributed by atoms with Crippen LogP contribution in [0.2, 0.25) is 5.15 Å². The van der Waals surface area contributed by atoms with E-state index < -0.39 is 62.3 Å². The van der Waals surface area contributed by atoms with Gasteiger partial charge in [-0.25, -0.2) is 15.0 Å². The van der Waals surface area contributed by atoms with Crippen molar-refractivity contribution in [2.24, 2.45) is 0 Å². The van der Waals surface area contributed by atoms with Gasteiger partial charge in [-0.2, -0.15) is 25.5 Å². The molecule has 7 N–H and O–H groups in total. The van der Waals surface area contributed by atoms with Gasteiger partial charge >= 0.3 is 0 Å². The Morgan fingerprint density at radius 3 is 1.61 bits per heavy atom. The number of nitrogens with zero attached hydrogens (tertiary/aromatic N) is 10. The van der Waals surface area contributed by atoms with Crippen molar-refractivity contribution in [2.75, 3.05) is 25.1 Å². The molecule has 6 heterocycles. The summed E-state index contributed by atoms with van der Waals surface area (Å²) in [5, 5.41) is 79.9. The molecule has 8 atom stereocenters. The topological polar surface area (TPSA) is 287 Å². The van der Waals surface area contributed by atoms with Crippen LogP contribution in [0, 0.1) is 287 Å². The number of aromatic nitrogens is 8. The largest absolute Gasteiger partial charge is 0.394 e. The van der Waals surface area contributed by atoms with E-state index in [9.17, 15) is 30.8 Å². The molecule has 5 aromatic rings. The summed E-state index contributed by atoms with van der Waals surface area (Å²) in [7, 11) is 0. The predicted octanol–water partition coefficient (Wildman–Crippen LogP) is -1.07. The van der Waals surface area contributed by atoms with Crippen molar-refractivity contribution >= 4 is 39.7 Å². The van der Waals surface area contributed by atoms with Gasteiger partial charge in [-0.1, -0.05) is 41.9 Å². The number of hydrogen-bond donors (Lipinski definition) is 7. The molecule has 6 unspecified atom stereocenters. The minimum atomic E-state index is -1.28. The maximum atomic E-state index is 10.3. The Bertz CT molecular complexity index is 2080. The van der Waals surface area contributed by atoms with E-state index in [1.807, 2.05) is 36.4 Å². The fraction of sp³-hybridized carbons (Fsp3) is 0.400. The van der Waals surface area contributed by atoms with Crippen LogP contribution in [0.4, 0.5) is 5.82 Å². The molecule has 6 radical (unpaired) electrons. The van der Waals surface area contributed by atoms with E-state index in [0.29, 0.717) is 17.9 Å². The fourth-order valence-corrected chi connectivity index (χ4v) is 5.80. The fourth-order valence-electron chi connectivity index (χ4n) is 5.58. The van der Waals surface area contributed by atoms with E-state index in [1.54, 1.807) is 6.07 Å². The Morgan fingerprint density at radius 2 is 1.14 bits per heavy atom. The number of aliphatic hydroxyl groups excluding tert-OH is 6. The molecule has 4 aromatic heterocycles. The Balaban J connectivity index is 0.00000101. The maximum Gasteiger partial charge on any atom is 0.236 e. The Morgan fingerprint density at radius 1 is 0.679 bits per heavy atom. The normalized spacial score (nSPS) is 23.2. The van der Waals surface area contributed by atoms with E-state index in [0.717, 1.165) is 12.0 Å². The molecular formula is C30H30Ac6ClN11O8. The zero-order valence-corrected chi connectivity index (χ0v) is 58.5. The Hall–Kier alpha value is 3.72. The number of imidazole rings is 2. The summed E-state index contributed by atoms with van der Waals surface area (Å²) in [4.78, 5) is 24.4. The van der Waals surface area contributed by atoms with Crippen LogP contribution in [-0.2, 0) is 15.9 Å². The summed E-state index contributed by atoms with van der Waals surface area (Å²) >= 11 is 5.91. The predicted molar refractivity (Wildman–Crippen MR) is 170 cm³/mol. The second kappa shape index (κ2) is 28.6. The second-order valence-electron chi connectivity index (χ2n) is 11.2. The second-order valence-corrected chi connectivity index (χ2v) is 11.6. The molecule has 0 amide bonds. The molecule has 2 aliphatic rings. The Labute approximate surface area is 539 Å². The van der Waals surface area contributed by atoms with Gasteiger partial charge in [0, 0.05) is 271 Å². The van der Waals surface area contributed by atoms with Crippen LogP contribution in [0.25, 0.3) is 22.3 Å². The van der Waals surface area contributed by atoms with Crippen LogP contribution in [0.3, 0.4) is 0 Å². The first-order valence-electron chi connectivity index (χ1n) is 15.2. The van der Waals surface area contributed by atoms with E-state index in [2.05, 4.69) is 35.2 Å². The average molecular weight is 2070 g/mol. The van der Waals surface area contributed by atoms with Gasteiger partial charge in [0.15, 0.2) is 40.2 Å². The molecule has 1 aromatic carbocycles. The number of ether oxygens (including phenoxy) is 2. The first-order chi connectivity index (χ1) is 24.2. The van der Waals surface area contributed by atoms with Gasteiger partial charge in [-0.05, 0) is 12.0 Å². The van der Waals surface area contributed by atoms with Crippen molar-refractivity contribution in [1.29, 1.82) is 10.5 Å². The molecule has 2 saturated heterocycles. The molecule has 7 rings (SSSR count). The smallest absolute Gasteiger partial charge is 0.236 e. The summed E-state index contributed by atoms with van der Waals surface area (Å²) in [5.41, 5.74) is 2.29. The molecule has 278 valence electrons. The van der Waals surface area contributed by atoms with Gasteiger partial charge in [-0.3, -0.25) is 9.13 Å². The monoisotopic (exact) mass is 2070 g/mol. The van der Waals surface area contributed by atoms with Crippen LogP contribution in [0.1, 0.15) is 29.7 Å². The van der Waals surface area contributed by atoms with Crippen molar-refractivity contribution < 1.29 is 304 Å². The van der Waals surface area contributed by atoms with Gasteiger partial charge in [0.05, 0.1) is 25.9 Å².